The minimum atomic E-state index is -0.574. The van der Waals surface area contributed by atoms with Gasteiger partial charge in [0.15, 0.2) is 0 Å². The number of hydrogen-bond acceptors (Lipinski definition) is 4. The maximum Gasteiger partial charge on any atom is 0.253 e. The van der Waals surface area contributed by atoms with E-state index < -0.39 is 6.10 Å². The fraction of sp³-hybridized carbons (Fsp3) is 0.545. The van der Waals surface area contributed by atoms with Gasteiger partial charge in [-0.25, -0.2) is 0 Å². The lowest BCUT2D eigenvalue weighted by Gasteiger charge is -2.23. The molecule has 0 aliphatic carbocycles. The maximum atomic E-state index is 11.9. The number of carbonyl (C=O) groups excluding carboxylic acids is 1. The third-order valence-corrected chi connectivity index (χ3v) is 2.39. The molecular formula is C11H18N2O3. The lowest BCUT2D eigenvalue weighted by atomic mass is 10.3. The normalized spacial score (nSPS) is 12.4. The van der Waals surface area contributed by atoms with Crippen LogP contribution in [0.4, 0.5) is 0 Å². The Hall–Kier alpha value is -1.33. The van der Waals surface area contributed by atoms with Crippen LogP contribution in [0.3, 0.4) is 0 Å². The second-order valence-corrected chi connectivity index (χ2v) is 3.39. The minimum Gasteiger partial charge on any atom is -0.467 e. The molecule has 0 saturated heterocycles. The largest absolute Gasteiger partial charge is 0.467 e. The molecule has 1 aromatic rings. The first-order valence-corrected chi connectivity index (χ1v) is 5.27. The van der Waals surface area contributed by atoms with Crippen LogP contribution in [0, 0.1) is 0 Å². The van der Waals surface area contributed by atoms with Crippen molar-refractivity contribution in [1.29, 1.82) is 0 Å². The monoisotopic (exact) mass is 226 g/mol. The van der Waals surface area contributed by atoms with Crippen molar-refractivity contribution in [2.45, 2.75) is 19.6 Å². The van der Waals surface area contributed by atoms with E-state index in [0.717, 1.165) is 5.76 Å². The number of furan rings is 1. The van der Waals surface area contributed by atoms with Crippen LogP contribution >= 0.6 is 0 Å². The van der Waals surface area contributed by atoms with Crippen LogP contribution in [0.1, 0.15) is 12.7 Å². The van der Waals surface area contributed by atoms with Gasteiger partial charge in [-0.15, -0.1) is 0 Å². The number of likely N-dealkylation sites (N-methyl/N-ethyl adjacent to an activating group) is 1. The molecule has 1 rings (SSSR count). The molecule has 1 heterocycles. The fourth-order valence-corrected chi connectivity index (χ4v) is 1.44. The highest BCUT2D eigenvalue weighted by Crippen LogP contribution is 2.07. The highest BCUT2D eigenvalue weighted by Gasteiger charge is 2.22. The number of amides is 1. The summed E-state index contributed by atoms with van der Waals surface area (Å²) in [5, 5.41) is 0. The van der Waals surface area contributed by atoms with E-state index in [1.54, 1.807) is 17.2 Å². The Morgan fingerprint density at radius 1 is 1.69 bits per heavy atom. The molecule has 0 radical (unpaired) electrons. The Bertz CT molecular complexity index is 307. The van der Waals surface area contributed by atoms with Crippen molar-refractivity contribution in [2.75, 3.05) is 20.2 Å². The SMILES string of the molecule is CCN(Cc1ccco1)C(=O)C(CN)OC. The van der Waals surface area contributed by atoms with Crippen molar-refractivity contribution in [3.05, 3.63) is 24.2 Å². The second-order valence-electron chi connectivity index (χ2n) is 3.39. The third kappa shape index (κ3) is 3.08. The lowest BCUT2D eigenvalue weighted by molar-refractivity contribution is -0.142. The fourth-order valence-electron chi connectivity index (χ4n) is 1.44. The molecule has 0 saturated carbocycles. The zero-order valence-corrected chi connectivity index (χ0v) is 9.68. The number of carbonyl (C=O) groups is 1. The molecule has 2 N–H and O–H groups in total. The standard InChI is InChI=1S/C11H18N2O3/c1-3-13(8-9-5-4-6-16-9)11(14)10(7-12)15-2/h4-6,10H,3,7-8,12H2,1-2H3. The molecular weight excluding hydrogens is 208 g/mol. The third-order valence-electron chi connectivity index (χ3n) is 2.39. The molecule has 0 spiro atoms. The van der Waals surface area contributed by atoms with Crippen molar-refractivity contribution >= 4 is 5.91 Å². The van der Waals surface area contributed by atoms with E-state index in [9.17, 15) is 4.79 Å². The summed E-state index contributed by atoms with van der Waals surface area (Å²) in [6.07, 6.45) is 1.01. The van der Waals surface area contributed by atoms with Gasteiger partial charge in [-0.3, -0.25) is 4.79 Å². The molecule has 1 atom stereocenters. The van der Waals surface area contributed by atoms with E-state index in [2.05, 4.69) is 0 Å². The van der Waals surface area contributed by atoms with Gasteiger partial charge in [0, 0.05) is 20.2 Å². The molecule has 16 heavy (non-hydrogen) atoms. The molecule has 1 unspecified atom stereocenters. The van der Waals surface area contributed by atoms with Gasteiger partial charge >= 0.3 is 0 Å². The average Bonchev–Trinajstić information content (AvgIpc) is 2.80. The topological polar surface area (TPSA) is 68.7 Å². The Morgan fingerprint density at radius 2 is 2.44 bits per heavy atom. The Morgan fingerprint density at radius 3 is 2.88 bits per heavy atom. The second kappa shape index (κ2) is 6.30. The molecule has 5 heteroatoms. The molecule has 1 amide bonds. The van der Waals surface area contributed by atoms with Crippen molar-refractivity contribution in [3.63, 3.8) is 0 Å². The van der Waals surface area contributed by atoms with Gasteiger partial charge in [0.1, 0.15) is 11.9 Å². The number of ether oxygens (including phenoxy) is 1. The first-order chi connectivity index (χ1) is 7.72. The van der Waals surface area contributed by atoms with Gasteiger partial charge in [-0.1, -0.05) is 0 Å². The van der Waals surface area contributed by atoms with Crippen molar-refractivity contribution in [3.8, 4) is 0 Å². The van der Waals surface area contributed by atoms with Gasteiger partial charge in [-0.2, -0.15) is 0 Å². The van der Waals surface area contributed by atoms with Crippen LogP contribution in [-0.2, 0) is 16.1 Å². The summed E-state index contributed by atoms with van der Waals surface area (Å²) < 4.78 is 10.2. The number of methoxy groups -OCH3 is 1. The minimum absolute atomic E-state index is 0.107. The highest BCUT2D eigenvalue weighted by atomic mass is 16.5. The van der Waals surface area contributed by atoms with Crippen LogP contribution < -0.4 is 5.73 Å². The number of nitrogens with two attached hydrogens (primary N) is 1. The molecule has 0 fully saturated rings. The number of nitrogens with zero attached hydrogens (tertiary/aromatic N) is 1. The first kappa shape index (κ1) is 12.7. The summed E-state index contributed by atoms with van der Waals surface area (Å²) in [5.74, 6) is 0.644. The molecule has 0 aliphatic rings. The molecule has 0 bridgehead atoms. The van der Waals surface area contributed by atoms with Crippen LogP contribution in [0.5, 0.6) is 0 Å². The first-order valence-electron chi connectivity index (χ1n) is 5.27. The number of rotatable bonds is 6. The van der Waals surface area contributed by atoms with Crippen molar-refractivity contribution in [1.82, 2.24) is 4.90 Å². The molecule has 90 valence electrons. The van der Waals surface area contributed by atoms with Gasteiger partial charge in [0.05, 0.1) is 12.8 Å². The van der Waals surface area contributed by atoms with Gasteiger partial charge in [0.25, 0.3) is 5.91 Å². The summed E-state index contributed by atoms with van der Waals surface area (Å²) >= 11 is 0. The quantitative estimate of drug-likeness (QED) is 0.771. The highest BCUT2D eigenvalue weighted by molar-refractivity contribution is 5.81. The predicted molar refractivity (Wildman–Crippen MR) is 59.7 cm³/mol. The van der Waals surface area contributed by atoms with E-state index in [1.165, 1.54) is 7.11 Å². The molecule has 0 aliphatic heterocycles. The van der Waals surface area contributed by atoms with E-state index in [-0.39, 0.29) is 12.5 Å². The van der Waals surface area contributed by atoms with Gasteiger partial charge in [0.2, 0.25) is 0 Å². The number of hydrogen-bond donors (Lipinski definition) is 1. The summed E-state index contributed by atoms with van der Waals surface area (Å²) in [7, 11) is 1.48. The Balaban J connectivity index is 2.63. The summed E-state index contributed by atoms with van der Waals surface area (Å²) in [6, 6.07) is 3.63. The van der Waals surface area contributed by atoms with Crippen molar-refractivity contribution < 1.29 is 13.9 Å². The Labute approximate surface area is 95.2 Å². The van der Waals surface area contributed by atoms with E-state index in [1.807, 2.05) is 13.0 Å². The van der Waals surface area contributed by atoms with Crippen LogP contribution in [0.2, 0.25) is 0 Å². The smallest absolute Gasteiger partial charge is 0.253 e. The summed E-state index contributed by atoms with van der Waals surface area (Å²) in [5.41, 5.74) is 5.45. The molecule has 0 aromatic carbocycles. The van der Waals surface area contributed by atoms with Crippen LogP contribution in [0.25, 0.3) is 0 Å². The zero-order chi connectivity index (χ0) is 12.0. The molecule has 5 nitrogen and oxygen atoms in total. The average molecular weight is 226 g/mol. The van der Waals surface area contributed by atoms with E-state index in [0.29, 0.717) is 13.1 Å². The predicted octanol–water partition coefficient (Wildman–Crippen LogP) is 0.602. The van der Waals surface area contributed by atoms with E-state index >= 15 is 0 Å². The van der Waals surface area contributed by atoms with Crippen LogP contribution in [-0.4, -0.2) is 37.1 Å². The lowest BCUT2D eigenvalue weighted by Crippen LogP contribution is -2.43. The van der Waals surface area contributed by atoms with E-state index in [4.69, 9.17) is 14.9 Å². The van der Waals surface area contributed by atoms with Gasteiger partial charge in [-0.05, 0) is 19.1 Å². The summed E-state index contributed by atoms with van der Waals surface area (Å²) in [4.78, 5) is 13.6. The summed E-state index contributed by atoms with van der Waals surface area (Å²) in [6.45, 7) is 3.13. The van der Waals surface area contributed by atoms with Gasteiger partial charge < -0.3 is 19.8 Å². The van der Waals surface area contributed by atoms with Crippen LogP contribution in [0.15, 0.2) is 22.8 Å². The zero-order valence-electron chi connectivity index (χ0n) is 9.68. The Kier molecular flexibility index (Phi) is 5.01. The molecule has 1 aromatic heterocycles. The van der Waals surface area contributed by atoms with Crippen molar-refractivity contribution in [2.24, 2.45) is 5.73 Å². The maximum absolute atomic E-state index is 11.9.